The van der Waals surface area contributed by atoms with Crippen LogP contribution in [0.25, 0.3) is 0 Å². The van der Waals surface area contributed by atoms with Crippen molar-refractivity contribution in [3.8, 4) is 0 Å². The van der Waals surface area contributed by atoms with E-state index < -0.39 is 0 Å². The fraction of sp³-hybridized carbons (Fsp3) is 0.333. The van der Waals surface area contributed by atoms with Crippen LogP contribution in [0.5, 0.6) is 0 Å². The van der Waals surface area contributed by atoms with Crippen molar-refractivity contribution in [2.75, 3.05) is 4.90 Å². The summed E-state index contributed by atoms with van der Waals surface area (Å²) < 4.78 is 0. The number of nitrogens with zero attached hydrogens (tertiary/aromatic N) is 1. The molecule has 4 rings (SSSR count). The maximum absolute atomic E-state index is 2.64. The molecule has 1 heteroatoms. The Hall–Kier alpha value is -1.76. The molecule has 96 valence electrons. The Morgan fingerprint density at radius 2 is 1.63 bits per heavy atom. The predicted octanol–water partition coefficient (Wildman–Crippen LogP) is 4.43. The van der Waals surface area contributed by atoms with Crippen LogP contribution in [0.3, 0.4) is 0 Å². The van der Waals surface area contributed by atoms with Gasteiger partial charge in [-0.3, -0.25) is 0 Å². The Morgan fingerprint density at radius 3 is 2.42 bits per heavy atom. The van der Waals surface area contributed by atoms with Crippen LogP contribution in [0, 0.1) is 6.92 Å². The van der Waals surface area contributed by atoms with Crippen molar-refractivity contribution in [2.45, 2.75) is 38.3 Å². The van der Waals surface area contributed by atoms with Gasteiger partial charge in [-0.2, -0.15) is 0 Å². The highest BCUT2D eigenvalue weighted by molar-refractivity contribution is 5.61. The summed E-state index contributed by atoms with van der Waals surface area (Å²) in [7, 11) is 0. The molecule has 0 aromatic heterocycles. The summed E-state index contributed by atoms with van der Waals surface area (Å²) in [6.07, 6.45) is 1.29. The first-order chi connectivity index (χ1) is 9.27. The van der Waals surface area contributed by atoms with Crippen LogP contribution in [0.2, 0.25) is 0 Å². The van der Waals surface area contributed by atoms with Gasteiger partial charge in [-0.05, 0) is 43.0 Å². The van der Waals surface area contributed by atoms with Crippen molar-refractivity contribution in [3.63, 3.8) is 0 Å². The fourth-order valence-corrected chi connectivity index (χ4v) is 4.08. The van der Waals surface area contributed by atoms with E-state index in [1.165, 1.54) is 17.7 Å². The molecule has 1 nitrogen and oxygen atoms in total. The lowest BCUT2D eigenvalue weighted by atomic mass is 9.92. The summed E-state index contributed by atoms with van der Waals surface area (Å²) in [4.78, 5) is 2.64. The zero-order valence-electron chi connectivity index (χ0n) is 11.5. The molecule has 1 aliphatic carbocycles. The highest BCUT2D eigenvalue weighted by Gasteiger charge is 2.47. The number of fused-ring (bicyclic) bond motifs is 5. The molecule has 2 aromatic carbocycles. The van der Waals surface area contributed by atoms with E-state index in [-0.39, 0.29) is 0 Å². The quantitative estimate of drug-likeness (QED) is 0.722. The molecule has 3 atom stereocenters. The summed E-state index contributed by atoms with van der Waals surface area (Å²) in [6.45, 7) is 4.60. The minimum absolute atomic E-state index is 0.581. The summed E-state index contributed by atoms with van der Waals surface area (Å²) >= 11 is 0. The zero-order valence-corrected chi connectivity index (χ0v) is 11.5. The summed E-state index contributed by atoms with van der Waals surface area (Å²) in [5.41, 5.74) is 5.94. The van der Waals surface area contributed by atoms with Crippen molar-refractivity contribution < 1.29 is 0 Å². The van der Waals surface area contributed by atoms with E-state index in [4.69, 9.17) is 0 Å². The van der Waals surface area contributed by atoms with Crippen LogP contribution in [0.15, 0.2) is 48.5 Å². The van der Waals surface area contributed by atoms with Crippen molar-refractivity contribution in [1.29, 1.82) is 0 Å². The van der Waals surface area contributed by atoms with Crippen LogP contribution in [0.4, 0.5) is 5.69 Å². The second-order valence-corrected chi connectivity index (χ2v) is 5.92. The SMILES string of the molecule is Cc1ccccc1N1C2CC(c3ccccc32)[C@@H]1C. The molecule has 0 spiro atoms. The Bertz CT molecular complexity index is 631. The average Bonchev–Trinajstić information content (AvgIpc) is 2.96. The molecule has 2 aliphatic rings. The number of benzene rings is 2. The summed E-state index contributed by atoms with van der Waals surface area (Å²) in [5, 5.41) is 0. The van der Waals surface area contributed by atoms with Crippen molar-refractivity contribution in [3.05, 3.63) is 65.2 Å². The lowest BCUT2D eigenvalue weighted by Gasteiger charge is -2.37. The van der Waals surface area contributed by atoms with Crippen LogP contribution in [0.1, 0.15) is 42.0 Å². The summed E-state index contributed by atoms with van der Waals surface area (Å²) in [6, 6.07) is 19.0. The van der Waals surface area contributed by atoms with Gasteiger partial charge in [-0.15, -0.1) is 0 Å². The third kappa shape index (κ3) is 1.42. The largest absolute Gasteiger partial charge is 0.361 e. The Labute approximate surface area is 114 Å². The third-order valence-electron chi connectivity index (χ3n) is 4.98. The Kier molecular flexibility index (Phi) is 2.26. The van der Waals surface area contributed by atoms with Gasteiger partial charge in [0, 0.05) is 17.6 Å². The second kappa shape index (κ2) is 3.86. The molecule has 1 saturated heterocycles. The maximum atomic E-state index is 2.64. The van der Waals surface area contributed by atoms with Crippen LogP contribution < -0.4 is 4.90 Å². The van der Waals surface area contributed by atoms with Gasteiger partial charge in [0.1, 0.15) is 0 Å². The maximum Gasteiger partial charge on any atom is 0.0555 e. The van der Waals surface area contributed by atoms with Gasteiger partial charge >= 0.3 is 0 Å². The first-order valence-electron chi connectivity index (χ1n) is 7.20. The standard InChI is InChI=1S/C18H19N/c1-12-7-3-6-10-17(12)19-13(2)16-11-18(19)15-9-5-4-8-14(15)16/h3-10,13,16,18H,11H2,1-2H3/t13-,16?,18?/m0/s1. The molecular formula is C18H19N. The fourth-order valence-electron chi connectivity index (χ4n) is 4.08. The minimum atomic E-state index is 0.581. The van der Waals surface area contributed by atoms with Gasteiger partial charge < -0.3 is 4.90 Å². The highest BCUT2D eigenvalue weighted by Crippen LogP contribution is 2.55. The predicted molar refractivity (Wildman–Crippen MR) is 79.7 cm³/mol. The van der Waals surface area contributed by atoms with E-state index in [0.29, 0.717) is 18.0 Å². The molecule has 19 heavy (non-hydrogen) atoms. The van der Waals surface area contributed by atoms with Crippen molar-refractivity contribution in [1.82, 2.24) is 0 Å². The van der Waals surface area contributed by atoms with E-state index in [1.807, 2.05) is 0 Å². The average molecular weight is 249 g/mol. The van der Waals surface area contributed by atoms with E-state index in [2.05, 4.69) is 67.3 Å². The van der Waals surface area contributed by atoms with Crippen LogP contribution in [-0.2, 0) is 0 Å². The molecule has 1 heterocycles. The van der Waals surface area contributed by atoms with E-state index in [0.717, 1.165) is 0 Å². The monoisotopic (exact) mass is 249 g/mol. The third-order valence-corrected chi connectivity index (χ3v) is 4.98. The summed E-state index contributed by atoms with van der Waals surface area (Å²) in [5.74, 6) is 0.709. The molecule has 2 aromatic rings. The molecule has 0 amide bonds. The lowest BCUT2D eigenvalue weighted by molar-refractivity contribution is 0.614. The molecule has 2 unspecified atom stereocenters. The van der Waals surface area contributed by atoms with Gasteiger partial charge in [0.05, 0.1) is 6.04 Å². The Balaban J connectivity index is 1.84. The van der Waals surface area contributed by atoms with Crippen LogP contribution >= 0.6 is 0 Å². The van der Waals surface area contributed by atoms with Gasteiger partial charge in [-0.1, -0.05) is 42.5 Å². The normalized spacial score (nSPS) is 27.7. The number of hydrogen-bond donors (Lipinski definition) is 0. The zero-order chi connectivity index (χ0) is 13.0. The van der Waals surface area contributed by atoms with Gasteiger partial charge in [0.2, 0.25) is 0 Å². The van der Waals surface area contributed by atoms with E-state index >= 15 is 0 Å². The molecule has 0 radical (unpaired) electrons. The number of aryl methyl sites for hydroxylation is 1. The molecule has 1 fully saturated rings. The number of rotatable bonds is 1. The smallest absolute Gasteiger partial charge is 0.0555 e. The van der Waals surface area contributed by atoms with Gasteiger partial charge in [-0.25, -0.2) is 0 Å². The molecular weight excluding hydrogens is 230 g/mol. The van der Waals surface area contributed by atoms with Crippen molar-refractivity contribution in [2.24, 2.45) is 0 Å². The second-order valence-electron chi connectivity index (χ2n) is 5.92. The number of para-hydroxylation sites is 1. The van der Waals surface area contributed by atoms with Gasteiger partial charge in [0.25, 0.3) is 0 Å². The Morgan fingerprint density at radius 1 is 0.947 bits per heavy atom. The highest BCUT2D eigenvalue weighted by atomic mass is 15.2. The number of hydrogen-bond acceptors (Lipinski definition) is 1. The molecule has 1 aliphatic heterocycles. The molecule has 0 N–H and O–H groups in total. The van der Waals surface area contributed by atoms with Crippen LogP contribution in [-0.4, -0.2) is 6.04 Å². The molecule has 0 saturated carbocycles. The minimum Gasteiger partial charge on any atom is -0.361 e. The first kappa shape index (κ1) is 11.1. The van der Waals surface area contributed by atoms with Gasteiger partial charge in [0.15, 0.2) is 0 Å². The first-order valence-corrected chi connectivity index (χ1v) is 7.20. The molecule has 2 bridgehead atoms. The van der Waals surface area contributed by atoms with E-state index in [1.54, 1.807) is 11.1 Å². The topological polar surface area (TPSA) is 3.24 Å². The van der Waals surface area contributed by atoms with Crippen molar-refractivity contribution >= 4 is 5.69 Å². The number of anilines is 1. The van der Waals surface area contributed by atoms with E-state index in [9.17, 15) is 0 Å². The lowest BCUT2D eigenvalue weighted by Crippen LogP contribution is -2.35.